The first-order chi connectivity index (χ1) is 20.6. The smallest absolute Gasteiger partial charge is 0.133 e. The number of benzene rings is 5. The van der Waals surface area contributed by atoms with Crippen LogP contribution in [0.15, 0.2) is 134 Å². The topological polar surface area (TPSA) is 43.2 Å². The van der Waals surface area contributed by atoms with Crippen LogP contribution in [0.25, 0.3) is 27.5 Å². The fourth-order valence-electron chi connectivity index (χ4n) is 6.40. The molecule has 1 aliphatic rings. The van der Waals surface area contributed by atoms with Gasteiger partial charge in [0.1, 0.15) is 17.8 Å². The average molecular weight is 545 g/mol. The second kappa shape index (κ2) is 9.32. The van der Waals surface area contributed by atoms with Crippen molar-refractivity contribution >= 4 is 38.9 Å². The van der Waals surface area contributed by atoms with E-state index in [2.05, 4.69) is 136 Å². The average Bonchev–Trinajstić information content (AvgIpc) is 3.36. The highest BCUT2D eigenvalue weighted by Gasteiger charge is 2.34. The predicted molar refractivity (Wildman–Crippen MR) is 170 cm³/mol. The van der Waals surface area contributed by atoms with Crippen LogP contribution < -0.4 is 9.64 Å². The van der Waals surface area contributed by atoms with Gasteiger partial charge in [0.15, 0.2) is 0 Å². The van der Waals surface area contributed by atoms with Crippen molar-refractivity contribution in [3.8, 4) is 17.2 Å². The number of hydrogen-bond donors (Lipinski definition) is 0. The highest BCUT2D eigenvalue weighted by Crippen LogP contribution is 2.50. The Morgan fingerprint density at radius 2 is 1.26 bits per heavy atom. The molecule has 0 fully saturated rings. The summed E-state index contributed by atoms with van der Waals surface area (Å²) in [6.07, 6.45) is 5.27. The summed E-state index contributed by atoms with van der Waals surface area (Å²) in [6, 6.07) is 40.6. The Labute approximate surface area is 244 Å². The summed E-state index contributed by atoms with van der Waals surface area (Å²) in [7, 11) is 0. The second-order valence-corrected chi connectivity index (χ2v) is 11.2. The van der Waals surface area contributed by atoms with E-state index >= 15 is 0 Å². The molecule has 5 aromatic carbocycles. The Bertz CT molecular complexity index is 2100. The van der Waals surface area contributed by atoms with Gasteiger partial charge in [-0.25, -0.2) is 9.97 Å². The third-order valence-electron chi connectivity index (χ3n) is 8.41. The van der Waals surface area contributed by atoms with E-state index in [1.54, 1.807) is 6.33 Å². The number of hydrogen-bond acceptors (Lipinski definition) is 4. The number of ether oxygens (including phenoxy) is 1. The number of rotatable bonds is 4. The Balaban J connectivity index is 1.32. The van der Waals surface area contributed by atoms with Gasteiger partial charge in [0, 0.05) is 50.4 Å². The van der Waals surface area contributed by atoms with Crippen molar-refractivity contribution in [1.82, 2.24) is 14.5 Å². The molecule has 5 nitrogen and oxygen atoms in total. The molecule has 0 atom stereocenters. The molecule has 0 amide bonds. The van der Waals surface area contributed by atoms with E-state index in [4.69, 9.17) is 4.74 Å². The quantitative estimate of drug-likeness (QED) is 0.221. The summed E-state index contributed by atoms with van der Waals surface area (Å²) >= 11 is 0. The minimum Gasteiger partial charge on any atom is -0.457 e. The molecular formula is C37H28N4O. The maximum Gasteiger partial charge on any atom is 0.133 e. The van der Waals surface area contributed by atoms with Crippen molar-refractivity contribution in [3.63, 3.8) is 0 Å². The van der Waals surface area contributed by atoms with Gasteiger partial charge in [-0.1, -0.05) is 74.5 Å². The van der Waals surface area contributed by atoms with Crippen LogP contribution in [0.1, 0.15) is 25.0 Å². The SMILES string of the molecule is CC1(C)c2ccccc2Oc2cc(N(c3cncnc3)c3ccc4c(c3)c3ccccc3n4-c3ccccc3)ccc21. The first-order valence-corrected chi connectivity index (χ1v) is 14.2. The van der Waals surface area contributed by atoms with Crippen LogP contribution in [0.4, 0.5) is 17.1 Å². The summed E-state index contributed by atoms with van der Waals surface area (Å²) in [5, 5.41) is 2.38. The lowest BCUT2D eigenvalue weighted by molar-refractivity contribution is 0.418. The maximum absolute atomic E-state index is 6.49. The van der Waals surface area contributed by atoms with Crippen LogP contribution in [-0.4, -0.2) is 14.5 Å². The molecular weight excluding hydrogens is 516 g/mol. The van der Waals surface area contributed by atoms with Gasteiger partial charge in [0.05, 0.1) is 29.1 Å². The largest absolute Gasteiger partial charge is 0.457 e. The fraction of sp³-hybridized carbons (Fsp3) is 0.0811. The van der Waals surface area contributed by atoms with E-state index in [0.717, 1.165) is 45.3 Å². The van der Waals surface area contributed by atoms with E-state index in [1.165, 1.54) is 21.9 Å². The fourth-order valence-corrected chi connectivity index (χ4v) is 6.40. The maximum atomic E-state index is 6.49. The van der Waals surface area contributed by atoms with Crippen LogP contribution >= 0.6 is 0 Å². The number of para-hydroxylation sites is 3. The number of aromatic nitrogens is 3. The van der Waals surface area contributed by atoms with Gasteiger partial charge >= 0.3 is 0 Å². The molecule has 7 aromatic rings. The molecule has 0 radical (unpaired) electrons. The molecule has 0 aliphatic carbocycles. The van der Waals surface area contributed by atoms with E-state index in [1.807, 2.05) is 24.5 Å². The highest BCUT2D eigenvalue weighted by molar-refractivity contribution is 6.10. The summed E-state index contributed by atoms with van der Waals surface area (Å²) in [5.41, 5.74) is 8.51. The van der Waals surface area contributed by atoms with E-state index in [9.17, 15) is 0 Å². The van der Waals surface area contributed by atoms with Crippen molar-refractivity contribution in [1.29, 1.82) is 0 Å². The highest BCUT2D eigenvalue weighted by atomic mass is 16.5. The Kier molecular flexibility index (Phi) is 5.41. The van der Waals surface area contributed by atoms with Gasteiger partial charge in [-0.3, -0.25) is 0 Å². The molecule has 0 spiro atoms. The zero-order valence-corrected chi connectivity index (χ0v) is 23.4. The normalized spacial score (nSPS) is 13.4. The lowest BCUT2D eigenvalue weighted by atomic mass is 9.76. The molecule has 3 heterocycles. The Morgan fingerprint density at radius 3 is 2.12 bits per heavy atom. The standard InChI is InChI=1S/C37H28N4O/c1-37(2)31-13-7-9-15-35(31)42-36-21-27(16-18-32(36)37)40(28-22-38-24-39-23-28)26-17-19-34-30(20-26)29-12-6-8-14-33(29)41(34)25-10-4-3-5-11-25/h3-24H,1-2H3. The molecule has 202 valence electrons. The van der Waals surface area contributed by atoms with Gasteiger partial charge in [0.2, 0.25) is 0 Å². The van der Waals surface area contributed by atoms with Crippen molar-refractivity contribution in [2.24, 2.45) is 0 Å². The molecule has 0 unspecified atom stereocenters. The molecule has 0 saturated carbocycles. The molecule has 5 heteroatoms. The minimum absolute atomic E-state index is 0.179. The van der Waals surface area contributed by atoms with Crippen molar-refractivity contribution < 1.29 is 4.74 Å². The van der Waals surface area contributed by atoms with Crippen molar-refractivity contribution in [3.05, 3.63) is 145 Å². The predicted octanol–water partition coefficient (Wildman–Crippen LogP) is 9.48. The van der Waals surface area contributed by atoms with Gasteiger partial charge < -0.3 is 14.2 Å². The third-order valence-corrected chi connectivity index (χ3v) is 8.41. The minimum atomic E-state index is -0.179. The van der Waals surface area contributed by atoms with E-state index in [-0.39, 0.29) is 5.41 Å². The van der Waals surface area contributed by atoms with Crippen LogP contribution in [0.3, 0.4) is 0 Å². The zero-order valence-electron chi connectivity index (χ0n) is 23.4. The van der Waals surface area contributed by atoms with Crippen LogP contribution in [-0.2, 0) is 5.41 Å². The molecule has 42 heavy (non-hydrogen) atoms. The van der Waals surface area contributed by atoms with Crippen molar-refractivity contribution in [2.45, 2.75) is 19.3 Å². The summed E-state index contributed by atoms with van der Waals surface area (Å²) in [4.78, 5) is 10.9. The summed E-state index contributed by atoms with van der Waals surface area (Å²) < 4.78 is 8.82. The first kappa shape index (κ1) is 24.4. The van der Waals surface area contributed by atoms with Crippen molar-refractivity contribution in [2.75, 3.05) is 4.90 Å². The van der Waals surface area contributed by atoms with Crippen LogP contribution in [0.2, 0.25) is 0 Å². The van der Waals surface area contributed by atoms with Gasteiger partial charge in [0.25, 0.3) is 0 Å². The molecule has 0 N–H and O–H groups in total. The van der Waals surface area contributed by atoms with E-state index in [0.29, 0.717) is 0 Å². The lowest BCUT2D eigenvalue weighted by Gasteiger charge is -2.35. The molecule has 0 saturated heterocycles. The summed E-state index contributed by atoms with van der Waals surface area (Å²) in [5.74, 6) is 1.76. The molecule has 0 bridgehead atoms. The van der Waals surface area contributed by atoms with Gasteiger partial charge in [-0.2, -0.15) is 0 Å². The molecule has 1 aliphatic heterocycles. The monoisotopic (exact) mass is 544 g/mol. The van der Waals surface area contributed by atoms with Crippen LogP contribution in [0, 0.1) is 0 Å². The Hall–Kier alpha value is -5.42. The zero-order chi connectivity index (χ0) is 28.3. The Morgan fingerprint density at radius 1 is 0.595 bits per heavy atom. The lowest BCUT2D eigenvalue weighted by Crippen LogP contribution is -2.24. The number of anilines is 3. The van der Waals surface area contributed by atoms with Gasteiger partial charge in [-0.15, -0.1) is 0 Å². The van der Waals surface area contributed by atoms with E-state index < -0.39 is 0 Å². The van der Waals surface area contributed by atoms with Crippen LogP contribution in [0.5, 0.6) is 11.5 Å². The molecule has 8 rings (SSSR count). The number of nitrogens with zero attached hydrogens (tertiary/aromatic N) is 4. The first-order valence-electron chi connectivity index (χ1n) is 14.2. The molecule has 2 aromatic heterocycles. The summed E-state index contributed by atoms with van der Waals surface area (Å²) in [6.45, 7) is 4.51. The third kappa shape index (κ3) is 3.71. The number of fused-ring (bicyclic) bond motifs is 5. The second-order valence-electron chi connectivity index (χ2n) is 11.2. The van der Waals surface area contributed by atoms with Gasteiger partial charge in [-0.05, 0) is 48.5 Å².